The number of urea groups is 1. The predicted molar refractivity (Wildman–Crippen MR) is 133 cm³/mol. The Balaban J connectivity index is 1.79. The zero-order valence-corrected chi connectivity index (χ0v) is 20.7. The highest BCUT2D eigenvalue weighted by Gasteiger charge is 2.37. The van der Waals surface area contributed by atoms with E-state index in [4.69, 9.17) is 0 Å². The van der Waals surface area contributed by atoms with Gasteiger partial charge in [0.05, 0.1) is 5.69 Å². The summed E-state index contributed by atoms with van der Waals surface area (Å²) >= 11 is 3.42. The van der Waals surface area contributed by atoms with E-state index in [0.29, 0.717) is 5.69 Å². The van der Waals surface area contributed by atoms with E-state index in [1.165, 1.54) is 0 Å². The molecule has 0 spiro atoms. The predicted octanol–water partition coefficient (Wildman–Crippen LogP) is 5.45. The highest BCUT2D eigenvalue weighted by molar-refractivity contribution is 9.10. The van der Waals surface area contributed by atoms with Crippen LogP contribution in [0, 0.1) is 34.6 Å². The number of nitrogens with one attached hydrogen (secondary N) is 1. The van der Waals surface area contributed by atoms with Crippen LogP contribution < -0.4 is 10.2 Å². The van der Waals surface area contributed by atoms with Crippen LogP contribution in [0.5, 0.6) is 0 Å². The minimum absolute atomic E-state index is 0.0867. The van der Waals surface area contributed by atoms with Crippen molar-refractivity contribution in [2.75, 3.05) is 4.90 Å². The van der Waals surface area contributed by atoms with Crippen molar-refractivity contribution in [2.45, 2.75) is 34.6 Å². The molecule has 0 radical (unpaired) electrons. The molecule has 7 heteroatoms. The molecule has 168 valence electrons. The molecule has 4 rings (SSSR count). The third-order valence-corrected chi connectivity index (χ3v) is 6.77. The van der Waals surface area contributed by atoms with Gasteiger partial charge in [0.2, 0.25) is 0 Å². The summed E-state index contributed by atoms with van der Waals surface area (Å²) in [5.74, 6) is -1.35. The molecule has 33 heavy (non-hydrogen) atoms. The van der Waals surface area contributed by atoms with E-state index in [9.17, 15) is 14.4 Å². The molecule has 3 aromatic rings. The van der Waals surface area contributed by atoms with Crippen LogP contribution in [0.4, 0.5) is 10.5 Å². The molecule has 0 aliphatic carbocycles. The fraction of sp³-hybridized carbons (Fsp3) is 0.192. The van der Waals surface area contributed by atoms with E-state index in [1.807, 2.05) is 40.7 Å². The van der Waals surface area contributed by atoms with Crippen molar-refractivity contribution >= 4 is 45.5 Å². The molecule has 1 fully saturated rings. The summed E-state index contributed by atoms with van der Waals surface area (Å²) in [7, 11) is 0. The highest BCUT2D eigenvalue weighted by atomic mass is 79.9. The summed E-state index contributed by atoms with van der Waals surface area (Å²) in [6, 6.07) is 12.6. The van der Waals surface area contributed by atoms with Crippen molar-refractivity contribution in [1.29, 1.82) is 0 Å². The molecule has 1 aliphatic rings. The van der Waals surface area contributed by atoms with Crippen LogP contribution >= 0.6 is 15.9 Å². The molecule has 0 bridgehead atoms. The lowest BCUT2D eigenvalue weighted by molar-refractivity contribution is -0.122. The fourth-order valence-electron chi connectivity index (χ4n) is 4.08. The molecule has 2 aromatic carbocycles. The standard InChI is InChI=1S/C26H24BrN3O3/c1-14-6-7-15(2)23(10-14)29-17(4)12-19(18(29)5)13-21-24(31)28-26(33)30(25(21)32)20-8-9-22(27)16(3)11-20/h6-13H,1-5H3,(H,28,31,33)/b21-13+. The number of amides is 4. The van der Waals surface area contributed by atoms with Gasteiger partial charge < -0.3 is 4.57 Å². The molecule has 4 amide bonds. The van der Waals surface area contributed by atoms with Gasteiger partial charge in [0.1, 0.15) is 5.57 Å². The van der Waals surface area contributed by atoms with Gasteiger partial charge >= 0.3 is 6.03 Å². The number of aryl methyl sites for hydroxylation is 4. The van der Waals surface area contributed by atoms with Gasteiger partial charge in [-0.25, -0.2) is 9.69 Å². The zero-order valence-electron chi connectivity index (χ0n) is 19.1. The van der Waals surface area contributed by atoms with Gasteiger partial charge in [-0.15, -0.1) is 0 Å². The first-order valence-corrected chi connectivity index (χ1v) is 11.3. The van der Waals surface area contributed by atoms with Crippen molar-refractivity contribution in [1.82, 2.24) is 9.88 Å². The largest absolute Gasteiger partial charge is 0.335 e. The normalized spacial score (nSPS) is 15.4. The number of rotatable bonds is 3. The van der Waals surface area contributed by atoms with Crippen LogP contribution in [0.25, 0.3) is 11.8 Å². The van der Waals surface area contributed by atoms with E-state index in [2.05, 4.69) is 44.0 Å². The Morgan fingerprint density at radius 3 is 2.30 bits per heavy atom. The summed E-state index contributed by atoms with van der Waals surface area (Å²) < 4.78 is 2.97. The van der Waals surface area contributed by atoms with E-state index in [-0.39, 0.29) is 5.57 Å². The Labute approximate surface area is 201 Å². The Hall–Kier alpha value is -3.45. The number of benzene rings is 2. The van der Waals surface area contributed by atoms with Crippen molar-refractivity contribution < 1.29 is 14.4 Å². The number of nitrogens with zero attached hydrogens (tertiary/aromatic N) is 2. The van der Waals surface area contributed by atoms with Gasteiger partial charge in [-0.2, -0.15) is 0 Å². The number of anilines is 1. The third kappa shape index (κ3) is 4.04. The highest BCUT2D eigenvalue weighted by Crippen LogP contribution is 2.29. The SMILES string of the molecule is Cc1ccc(C)c(-n2c(C)cc(/C=C3\C(=O)NC(=O)N(c4ccc(Br)c(C)c4)C3=O)c2C)c1. The van der Waals surface area contributed by atoms with Crippen LogP contribution in [0.1, 0.15) is 33.6 Å². The molecular formula is C26H24BrN3O3. The van der Waals surface area contributed by atoms with Gasteiger partial charge in [0, 0.05) is 21.5 Å². The molecule has 1 saturated heterocycles. The average Bonchev–Trinajstić information content (AvgIpc) is 3.02. The van der Waals surface area contributed by atoms with Crippen LogP contribution in [0.2, 0.25) is 0 Å². The smallest absolute Gasteiger partial charge is 0.318 e. The van der Waals surface area contributed by atoms with E-state index in [0.717, 1.165) is 48.7 Å². The number of hydrogen-bond donors (Lipinski definition) is 1. The summed E-state index contributed by atoms with van der Waals surface area (Å²) in [6.45, 7) is 9.89. The van der Waals surface area contributed by atoms with Crippen molar-refractivity contribution in [3.8, 4) is 5.69 Å². The maximum atomic E-state index is 13.3. The summed E-state index contributed by atoms with van der Waals surface area (Å²) in [5.41, 5.74) is 7.12. The van der Waals surface area contributed by atoms with Crippen LogP contribution in [0.15, 0.2) is 52.5 Å². The van der Waals surface area contributed by atoms with Crippen LogP contribution in [-0.2, 0) is 9.59 Å². The molecule has 0 atom stereocenters. The third-order valence-electron chi connectivity index (χ3n) is 5.88. The minimum Gasteiger partial charge on any atom is -0.318 e. The van der Waals surface area contributed by atoms with Crippen LogP contribution in [0.3, 0.4) is 0 Å². The second-order valence-corrected chi connectivity index (χ2v) is 9.20. The number of carbonyl (C=O) groups is 3. The van der Waals surface area contributed by atoms with Gasteiger partial charge in [0.15, 0.2) is 0 Å². The second kappa shape index (κ2) is 8.48. The Kier molecular flexibility index (Phi) is 5.84. The molecule has 6 nitrogen and oxygen atoms in total. The molecular weight excluding hydrogens is 482 g/mol. The molecule has 0 unspecified atom stereocenters. The molecule has 1 aromatic heterocycles. The number of imide groups is 2. The molecule has 1 N–H and O–H groups in total. The molecule has 0 saturated carbocycles. The number of barbiturate groups is 1. The Morgan fingerprint density at radius 1 is 0.879 bits per heavy atom. The number of aromatic nitrogens is 1. The summed E-state index contributed by atoms with van der Waals surface area (Å²) in [5, 5.41) is 2.29. The topological polar surface area (TPSA) is 71.4 Å². The Morgan fingerprint density at radius 2 is 1.61 bits per heavy atom. The van der Waals surface area contributed by atoms with Crippen molar-refractivity contribution in [3.05, 3.63) is 86.2 Å². The number of hydrogen-bond acceptors (Lipinski definition) is 3. The van der Waals surface area contributed by atoms with Gasteiger partial charge in [0.25, 0.3) is 11.8 Å². The Bertz CT molecular complexity index is 1370. The number of carbonyl (C=O) groups excluding carboxylic acids is 3. The summed E-state index contributed by atoms with van der Waals surface area (Å²) in [6.07, 6.45) is 1.56. The van der Waals surface area contributed by atoms with E-state index in [1.54, 1.807) is 24.3 Å². The first-order chi connectivity index (χ1) is 15.6. The summed E-state index contributed by atoms with van der Waals surface area (Å²) in [4.78, 5) is 39.4. The molecule has 2 heterocycles. The second-order valence-electron chi connectivity index (χ2n) is 8.34. The lowest BCUT2D eigenvalue weighted by Gasteiger charge is -2.26. The van der Waals surface area contributed by atoms with E-state index < -0.39 is 17.8 Å². The minimum atomic E-state index is -0.760. The van der Waals surface area contributed by atoms with E-state index >= 15 is 0 Å². The van der Waals surface area contributed by atoms with Crippen molar-refractivity contribution in [2.24, 2.45) is 0 Å². The van der Waals surface area contributed by atoms with Crippen LogP contribution in [-0.4, -0.2) is 22.4 Å². The van der Waals surface area contributed by atoms with Gasteiger partial charge in [-0.3, -0.25) is 14.9 Å². The monoisotopic (exact) mass is 505 g/mol. The van der Waals surface area contributed by atoms with Crippen molar-refractivity contribution in [3.63, 3.8) is 0 Å². The number of halogens is 1. The average molecular weight is 506 g/mol. The first-order valence-electron chi connectivity index (χ1n) is 10.5. The lowest BCUT2D eigenvalue weighted by atomic mass is 10.1. The van der Waals surface area contributed by atoms with Gasteiger partial charge in [-0.05, 0) is 93.3 Å². The maximum Gasteiger partial charge on any atom is 0.335 e. The fourth-order valence-corrected chi connectivity index (χ4v) is 4.33. The molecule has 1 aliphatic heterocycles. The maximum absolute atomic E-state index is 13.3. The lowest BCUT2D eigenvalue weighted by Crippen LogP contribution is -2.54. The van der Waals surface area contributed by atoms with Gasteiger partial charge in [-0.1, -0.05) is 28.1 Å². The first kappa shape index (κ1) is 22.7. The zero-order chi connectivity index (χ0) is 24.0. The quantitative estimate of drug-likeness (QED) is 0.380.